The number of methoxy groups -OCH3 is 1. The van der Waals surface area contributed by atoms with Gasteiger partial charge in [-0.25, -0.2) is 27.9 Å². The Morgan fingerprint density at radius 1 is 1.30 bits per heavy atom. The first-order chi connectivity index (χ1) is 12.7. The minimum Gasteiger partial charge on any atom is -0.466 e. The van der Waals surface area contributed by atoms with Crippen LogP contribution in [-0.2, 0) is 9.53 Å². The number of ether oxygens (including phenoxy) is 1. The lowest BCUT2D eigenvalue weighted by atomic mass is 10.0. The topological polar surface area (TPSA) is 90.1 Å². The second-order valence-corrected chi connectivity index (χ2v) is 5.69. The number of hydrogen-bond acceptors (Lipinski definition) is 6. The van der Waals surface area contributed by atoms with E-state index in [0.717, 1.165) is 12.1 Å². The molecular formula is C18H19F3N4O2. The van der Waals surface area contributed by atoms with Crippen molar-refractivity contribution in [3.8, 4) is 0 Å². The number of carbonyl (C=O) groups excluding carboxylic acids is 1. The monoisotopic (exact) mass is 380 g/mol. The number of nitrogens with one attached hydrogen (secondary N) is 1. The molecule has 1 aromatic heterocycles. The van der Waals surface area contributed by atoms with Crippen LogP contribution in [0.1, 0.15) is 41.9 Å². The van der Waals surface area contributed by atoms with Crippen LogP contribution in [0.4, 0.5) is 24.8 Å². The zero-order valence-electron chi connectivity index (χ0n) is 15.0. The van der Waals surface area contributed by atoms with Crippen molar-refractivity contribution < 1.29 is 22.7 Å². The van der Waals surface area contributed by atoms with Crippen LogP contribution >= 0.6 is 0 Å². The Bertz CT molecular complexity index is 872. The van der Waals surface area contributed by atoms with Gasteiger partial charge in [-0.1, -0.05) is 18.2 Å². The fraction of sp³-hybridized carbons (Fsp3) is 0.278. The highest BCUT2D eigenvalue weighted by Gasteiger charge is 2.20. The lowest BCUT2D eigenvalue weighted by Gasteiger charge is -2.19. The summed E-state index contributed by atoms with van der Waals surface area (Å²) in [5.41, 5.74) is 5.56. The van der Waals surface area contributed by atoms with E-state index in [1.54, 1.807) is 13.8 Å². The minimum atomic E-state index is -2.92. The van der Waals surface area contributed by atoms with Gasteiger partial charge in [-0.2, -0.15) is 0 Å². The lowest BCUT2D eigenvalue weighted by molar-refractivity contribution is -0.134. The third-order valence-electron chi connectivity index (χ3n) is 3.79. The fourth-order valence-corrected chi connectivity index (χ4v) is 2.45. The molecule has 1 aromatic carbocycles. The van der Waals surface area contributed by atoms with Gasteiger partial charge in [0.15, 0.2) is 0 Å². The summed E-state index contributed by atoms with van der Waals surface area (Å²) in [5.74, 6) is -0.921. The molecule has 27 heavy (non-hydrogen) atoms. The van der Waals surface area contributed by atoms with Crippen molar-refractivity contribution in [1.82, 2.24) is 9.97 Å². The van der Waals surface area contributed by atoms with Crippen molar-refractivity contribution in [3.05, 3.63) is 52.6 Å². The Kier molecular flexibility index (Phi) is 6.38. The zero-order valence-corrected chi connectivity index (χ0v) is 15.0. The molecule has 1 heterocycles. The second kappa shape index (κ2) is 8.52. The summed E-state index contributed by atoms with van der Waals surface area (Å²) in [6.07, 6.45) is -0.424. The number of benzene rings is 1. The summed E-state index contributed by atoms with van der Waals surface area (Å²) in [6, 6.07) is 3.09. The molecule has 0 aliphatic rings. The predicted molar refractivity (Wildman–Crippen MR) is 95.6 cm³/mol. The third-order valence-corrected chi connectivity index (χ3v) is 3.79. The molecule has 0 amide bonds. The number of aromatic nitrogens is 2. The van der Waals surface area contributed by atoms with E-state index in [0.29, 0.717) is 11.4 Å². The average Bonchev–Trinajstić information content (AvgIpc) is 2.60. The van der Waals surface area contributed by atoms with E-state index in [9.17, 15) is 18.0 Å². The smallest absolute Gasteiger partial charge is 0.330 e. The number of aryl methyl sites for hydroxylation is 1. The molecule has 0 spiro atoms. The Hall–Kier alpha value is -3.10. The molecule has 3 N–H and O–H groups in total. The van der Waals surface area contributed by atoms with Crippen LogP contribution in [0.25, 0.3) is 6.08 Å². The van der Waals surface area contributed by atoms with Crippen molar-refractivity contribution >= 4 is 23.7 Å². The van der Waals surface area contributed by atoms with E-state index in [4.69, 9.17) is 5.73 Å². The summed E-state index contributed by atoms with van der Waals surface area (Å²) < 4.78 is 44.8. The van der Waals surface area contributed by atoms with Crippen LogP contribution in [0.5, 0.6) is 0 Å². The highest BCUT2D eigenvalue weighted by Crippen LogP contribution is 2.30. The number of esters is 1. The molecule has 2 aromatic rings. The van der Waals surface area contributed by atoms with E-state index >= 15 is 0 Å². The first kappa shape index (κ1) is 20.2. The van der Waals surface area contributed by atoms with Crippen LogP contribution < -0.4 is 11.1 Å². The SMILES string of the molecule is COC(=O)C=Cc1c(N)nc(C)nc1NC(C)c1cccc(C(F)F)c1F. The van der Waals surface area contributed by atoms with Crippen LogP contribution in [0.15, 0.2) is 24.3 Å². The van der Waals surface area contributed by atoms with E-state index in [1.807, 2.05) is 0 Å². The number of nitrogens with two attached hydrogens (primary N) is 1. The van der Waals surface area contributed by atoms with Crippen molar-refractivity contribution in [2.45, 2.75) is 26.3 Å². The maximum atomic E-state index is 14.4. The average molecular weight is 380 g/mol. The third kappa shape index (κ3) is 4.75. The number of nitrogens with zero attached hydrogens (tertiary/aromatic N) is 2. The molecule has 0 saturated carbocycles. The van der Waals surface area contributed by atoms with Gasteiger partial charge in [0, 0.05) is 11.6 Å². The van der Waals surface area contributed by atoms with Gasteiger partial charge < -0.3 is 15.8 Å². The molecule has 1 atom stereocenters. The number of anilines is 2. The maximum absolute atomic E-state index is 14.4. The van der Waals surface area contributed by atoms with Crippen molar-refractivity contribution in [2.24, 2.45) is 0 Å². The molecule has 0 saturated heterocycles. The first-order valence-corrected chi connectivity index (χ1v) is 7.97. The summed E-state index contributed by atoms with van der Waals surface area (Å²) in [6.45, 7) is 3.20. The van der Waals surface area contributed by atoms with Gasteiger partial charge in [0.25, 0.3) is 6.43 Å². The van der Waals surface area contributed by atoms with Crippen LogP contribution in [0.3, 0.4) is 0 Å². The summed E-state index contributed by atoms with van der Waals surface area (Å²) in [7, 11) is 1.22. The molecule has 1 unspecified atom stereocenters. The molecule has 0 fully saturated rings. The standard InChI is InChI=1S/C18H19F3N4O2/c1-9(11-5-4-6-12(15(11)19)16(20)21)23-18-13(7-8-14(26)27-3)17(22)24-10(2)25-18/h4-9,16H,1-3H3,(H3,22,23,24,25). The van der Waals surface area contributed by atoms with E-state index in [2.05, 4.69) is 20.0 Å². The van der Waals surface area contributed by atoms with Gasteiger partial charge in [0.2, 0.25) is 0 Å². The summed E-state index contributed by atoms with van der Waals surface area (Å²) >= 11 is 0. The highest BCUT2D eigenvalue weighted by molar-refractivity contribution is 5.89. The van der Waals surface area contributed by atoms with E-state index in [1.165, 1.54) is 25.3 Å². The molecule has 6 nitrogen and oxygen atoms in total. The Balaban J connectivity index is 2.41. The number of alkyl halides is 2. The van der Waals surface area contributed by atoms with Gasteiger partial charge in [-0.05, 0) is 19.9 Å². The lowest BCUT2D eigenvalue weighted by Crippen LogP contribution is -2.14. The molecular weight excluding hydrogens is 361 g/mol. The van der Waals surface area contributed by atoms with E-state index in [-0.39, 0.29) is 17.2 Å². The van der Waals surface area contributed by atoms with Crippen molar-refractivity contribution in [1.29, 1.82) is 0 Å². The number of rotatable bonds is 6. The minimum absolute atomic E-state index is 0.0468. The molecule has 9 heteroatoms. The largest absolute Gasteiger partial charge is 0.466 e. The van der Waals surface area contributed by atoms with Crippen molar-refractivity contribution in [2.75, 3.05) is 18.2 Å². The maximum Gasteiger partial charge on any atom is 0.330 e. The van der Waals surface area contributed by atoms with E-state index < -0.39 is 29.8 Å². The van der Waals surface area contributed by atoms with Crippen LogP contribution in [-0.4, -0.2) is 23.0 Å². The van der Waals surface area contributed by atoms with Crippen molar-refractivity contribution in [3.63, 3.8) is 0 Å². The molecule has 144 valence electrons. The predicted octanol–water partition coefficient (Wildman–Crippen LogP) is 3.80. The van der Waals surface area contributed by atoms with Crippen LogP contribution in [0.2, 0.25) is 0 Å². The molecule has 2 rings (SSSR count). The Morgan fingerprint density at radius 2 is 1.96 bits per heavy atom. The first-order valence-electron chi connectivity index (χ1n) is 7.97. The number of carbonyl (C=O) groups is 1. The number of nitrogen functional groups attached to an aromatic ring is 1. The Labute approximate surface area is 154 Å². The highest BCUT2D eigenvalue weighted by atomic mass is 19.3. The fourth-order valence-electron chi connectivity index (χ4n) is 2.45. The normalized spacial score (nSPS) is 12.4. The van der Waals surface area contributed by atoms with Gasteiger partial charge in [-0.15, -0.1) is 0 Å². The van der Waals surface area contributed by atoms with Gasteiger partial charge in [0.05, 0.1) is 24.3 Å². The Morgan fingerprint density at radius 3 is 2.59 bits per heavy atom. The molecule has 0 radical (unpaired) electrons. The molecule has 0 bridgehead atoms. The van der Waals surface area contributed by atoms with Gasteiger partial charge in [-0.3, -0.25) is 0 Å². The van der Waals surface area contributed by atoms with Crippen LogP contribution in [0, 0.1) is 12.7 Å². The molecule has 0 aliphatic heterocycles. The summed E-state index contributed by atoms with van der Waals surface area (Å²) in [4.78, 5) is 19.6. The van der Waals surface area contributed by atoms with Gasteiger partial charge in [0.1, 0.15) is 23.3 Å². The number of hydrogen-bond donors (Lipinski definition) is 2. The molecule has 0 aliphatic carbocycles. The summed E-state index contributed by atoms with van der Waals surface area (Å²) in [5, 5.41) is 2.94. The second-order valence-electron chi connectivity index (χ2n) is 5.69. The zero-order chi connectivity index (χ0) is 20.1. The quantitative estimate of drug-likeness (QED) is 0.585. The number of halogens is 3. The van der Waals surface area contributed by atoms with Gasteiger partial charge >= 0.3 is 5.97 Å².